The summed E-state index contributed by atoms with van der Waals surface area (Å²) < 4.78 is 16.9. The molecule has 1 N–H and O–H groups in total. The van der Waals surface area contributed by atoms with Gasteiger partial charge >= 0.3 is 0 Å². The first-order chi connectivity index (χ1) is 18.2. The summed E-state index contributed by atoms with van der Waals surface area (Å²) in [5.41, 5.74) is 3.36. The van der Waals surface area contributed by atoms with E-state index in [1.165, 1.54) is 11.8 Å². The van der Waals surface area contributed by atoms with Gasteiger partial charge in [-0.15, -0.1) is 0 Å². The molecule has 2 aromatic carbocycles. The molecule has 0 spiro atoms. The third-order valence-corrected chi connectivity index (χ3v) is 7.14. The molecule has 5 rings (SSSR count). The monoisotopic (exact) mass is 577 g/mol. The Morgan fingerprint density at radius 2 is 1.87 bits per heavy atom. The number of likely N-dealkylation sites (tertiary alicyclic amines) is 1. The van der Waals surface area contributed by atoms with Crippen LogP contribution < -0.4 is 5.32 Å². The van der Waals surface area contributed by atoms with Crippen LogP contribution in [0.4, 0.5) is 10.1 Å². The van der Waals surface area contributed by atoms with E-state index in [-0.39, 0.29) is 25.3 Å². The Kier molecular flexibility index (Phi) is 7.07. The van der Waals surface area contributed by atoms with Crippen molar-refractivity contribution in [3.05, 3.63) is 76.9 Å². The molecular formula is C28H25BrFN5O3. The Balaban J connectivity index is 1.41. The van der Waals surface area contributed by atoms with Crippen LogP contribution in [0.3, 0.4) is 0 Å². The second-order valence-corrected chi connectivity index (χ2v) is 10.3. The van der Waals surface area contributed by atoms with Gasteiger partial charge < -0.3 is 14.8 Å². The Bertz CT molecular complexity index is 1550. The van der Waals surface area contributed by atoms with Crippen LogP contribution >= 0.6 is 15.9 Å². The summed E-state index contributed by atoms with van der Waals surface area (Å²) in [7, 11) is 0. The number of nitrogens with one attached hydrogen (secondary N) is 1. The quantitative estimate of drug-likeness (QED) is 0.327. The maximum absolute atomic E-state index is 14.4. The van der Waals surface area contributed by atoms with E-state index in [2.05, 4.69) is 31.2 Å². The number of halogens is 2. The van der Waals surface area contributed by atoms with Crippen molar-refractivity contribution in [1.29, 1.82) is 0 Å². The number of fused-ring (bicyclic) bond motifs is 1. The summed E-state index contributed by atoms with van der Waals surface area (Å²) in [4.78, 5) is 48.6. The lowest BCUT2D eigenvalue weighted by molar-refractivity contribution is -0.137. The van der Waals surface area contributed by atoms with Crippen LogP contribution in [0.5, 0.6) is 0 Å². The number of benzene rings is 2. The highest BCUT2D eigenvalue weighted by molar-refractivity contribution is 9.10. The lowest BCUT2D eigenvalue weighted by atomic mass is 10.0. The first-order valence-corrected chi connectivity index (χ1v) is 12.9. The lowest BCUT2D eigenvalue weighted by Crippen LogP contribution is -2.44. The number of alkyl halides is 1. The van der Waals surface area contributed by atoms with Gasteiger partial charge in [0.25, 0.3) is 0 Å². The van der Waals surface area contributed by atoms with Gasteiger partial charge in [0.05, 0.1) is 6.54 Å². The topological polar surface area (TPSA) is 97.2 Å². The number of ketones is 1. The molecule has 4 aromatic rings. The summed E-state index contributed by atoms with van der Waals surface area (Å²) in [6.45, 7) is 2.98. The average Bonchev–Trinajstić information content (AvgIpc) is 3.45. The van der Waals surface area contributed by atoms with Crippen molar-refractivity contribution >= 4 is 50.1 Å². The maximum atomic E-state index is 14.4. The minimum absolute atomic E-state index is 0.0708. The molecule has 2 amide bonds. The number of carbonyl (C=O) groups is 3. The Labute approximate surface area is 227 Å². The number of Topliss-reactive ketones (excluding diaryl/α,β-unsaturated/α-hetero) is 1. The molecule has 0 bridgehead atoms. The fraction of sp³-hybridized carbons (Fsp3) is 0.250. The zero-order chi connectivity index (χ0) is 27.0. The van der Waals surface area contributed by atoms with Crippen molar-refractivity contribution in [2.75, 3.05) is 11.9 Å². The van der Waals surface area contributed by atoms with Gasteiger partial charge in [-0.25, -0.2) is 14.4 Å². The molecule has 1 saturated heterocycles. The van der Waals surface area contributed by atoms with E-state index in [4.69, 9.17) is 0 Å². The number of aromatic nitrogens is 3. The SMILES string of the molecule is CC(=O)c1cn(CC(=O)N2C[C@H](F)C[C@H]2C(=O)Nc2cccc(Br)c2)c2ccc(-c3cnc(C)nc3)cc12. The van der Waals surface area contributed by atoms with E-state index in [0.29, 0.717) is 28.0 Å². The van der Waals surface area contributed by atoms with Crippen molar-refractivity contribution in [2.24, 2.45) is 0 Å². The fourth-order valence-electron chi connectivity index (χ4n) is 4.77. The highest BCUT2D eigenvalue weighted by atomic mass is 79.9. The normalized spacial score (nSPS) is 17.1. The molecule has 2 aromatic heterocycles. The summed E-state index contributed by atoms with van der Waals surface area (Å²) in [5, 5.41) is 3.47. The Hall–Kier alpha value is -3.92. The second-order valence-electron chi connectivity index (χ2n) is 9.37. The minimum Gasteiger partial charge on any atom is -0.337 e. The van der Waals surface area contributed by atoms with Crippen LogP contribution in [0.25, 0.3) is 22.0 Å². The first kappa shape index (κ1) is 25.7. The molecule has 1 fully saturated rings. The standard InChI is InChI=1S/C28H25BrFN5O3/c1-16(36)24-14-34(25-7-6-18(8-23(24)25)19-11-31-17(2)32-12-19)15-27(37)35-13-21(30)10-26(35)28(38)33-22-5-3-4-20(29)9-22/h3-9,11-12,14,21,26H,10,13,15H2,1-2H3,(H,33,38)/t21-,26+/m1/s1. The zero-order valence-electron chi connectivity index (χ0n) is 20.8. The maximum Gasteiger partial charge on any atom is 0.247 e. The van der Waals surface area contributed by atoms with Gasteiger partial charge in [-0.05, 0) is 49.7 Å². The minimum atomic E-state index is -1.30. The number of carbonyl (C=O) groups excluding carboxylic acids is 3. The van der Waals surface area contributed by atoms with Gasteiger partial charge in [0.15, 0.2) is 5.78 Å². The third kappa shape index (κ3) is 5.22. The van der Waals surface area contributed by atoms with Gasteiger partial charge in [-0.2, -0.15) is 0 Å². The summed E-state index contributed by atoms with van der Waals surface area (Å²) in [6, 6.07) is 11.7. The van der Waals surface area contributed by atoms with Gasteiger partial charge in [-0.1, -0.05) is 28.1 Å². The Morgan fingerprint density at radius 1 is 1.11 bits per heavy atom. The predicted molar refractivity (Wildman–Crippen MR) is 145 cm³/mol. The van der Waals surface area contributed by atoms with Crippen LogP contribution in [-0.4, -0.2) is 55.8 Å². The van der Waals surface area contributed by atoms with Crippen molar-refractivity contribution in [3.63, 3.8) is 0 Å². The lowest BCUT2D eigenvalue weighted by Gasteiger charge is -2.24. The molecule has 8 nitrogen and oxygen atoms in total. The van der Waals surface area contributed by atoms with E-state index in [1.807, 2.05) is 24.3 Å². The Morgan fingerprint density at radius 3 is 2.58 bits per heavy atom. The number of anilines is 1. The van der Waals surface area contributed by atoms with Gasteiger partial charge in [0.1, 0.15) is 24.6 Å². The van der Waals surface area contributed by atoms with E-state index in [9.17, 15) is 18.8 Å². The highest BCUT2D eigenvalue weighted by Crippen LogP contribution is 2.29. The number of aryl methyl sites for hydroxylation is 1. The van der Waals surface area contributed by atoms with E-state index >= 15 is 0 Å². The number of nitrogens with zero attached hydrogens (tertiary/aromatic N) is 4. The van der Waals surface area contributed by atoms with E-state index < -0.39 is 24.0 Å². The molecule has 38 heavy (non-hydrogen) atoms. The van der Waals surface area contributed by atoms with Crippen molar-refractivity contribution in [1.82, 2.24) is 19.4 Å². The average molecular weight is 578 g/mol. The molecule has 0 saturated carbocycles. The van der Waals surface area contributed by atoms with Crippen molar-refractivity contribution in [2.45, 2.75) is 39.0 Å². The largest absolute Gasteiger partial charge is 0.337 e. The van der Waals surface area contributed by atoms with Crippen LogP contribution in [-0.2, 0) is 16.1 Å². The van der Waals surface area contributed by atoms with E-state index in [0.717, 1.165) is 15.6 Å². The molecule has 2 atom stereocenters. The van der Waals surface area contributed by atoms with Crippen molar-refractivity contribution < 1.29 is 18.8 Å². The molecular weight excluding hydrogens is 553 g/mol. The van der Waals surface area contributed by atoms with Crippen molar-refractivity contribution in [3.8, 4) is 11.1 Å². The molecule has 194 valence electrons. The molecule has 1 aliphatic rings. The van der Waals surface area contributed by atoms with Gasteiger partial charge in [-0.3, -0.25) is 14.4 Å². The molecule has 10 heteroatoms. The predicted octanol–water partition coefficient (Wildman–Crippen LogP) is 4.95. The number of rotatable bonds is 6. The van der Waals surface area contributed by atoms with Crippen LogP contribution in [0, 0.1) is 6.92 Å². The molecule has 0 unspecified atom stereocenters. The van der Waals surface area contributed by atoms with Crippen LogP contribution in [0.1, 0.15) is 29.5 Å². The summed E-state index contributed by atoms with van der Waals surface area (Å²) in [6.07, 6.45) is 3.71. The molecule has 0 radical (unpaired) electrons. The second kappa shape index (κ2) is 10.4. The van der Waals surface area contributed by atoms with E-state index in [1.54, 1.807) is 48.3 Å². The smallest absolute Gasteiger partial charge is 0.247 e. The number of hydrogen-bond acceptors (Lipinski definition) is 5. The highest BCUT2D eigenvalue weighted by Gasteiger charge is 2.40. The summed E-state index contributed by atoms with van der Waals surface area (Å²) >= 11 is 3.36. The number of hydrogen-bond donors (Lipinski definition) is 1. The number of amides is 2. The van der Waals surface area contributed by atoms with Crippen LogP contribution in [0.15, 0.2) is 65.5 Å². The molecule has 3 heterocycles. The first-order valence-electron chi connectivity index (χ1n) is 12.1. The van der Waals surface area contributed by atoms with Gasteiger partial charge in [0, 0.05) is 57.2 Å². The van der Waals surface area contributed by atoms with Crippen LogP contribution in [0.2, 0.25) is 0 Å². The zero-order valence-corrected chi connectivity index (χ0v) is 22.4. The molecule has 1 aliphatic heterocycles. The fourth-order valence-corrected chi connectivity index (χ4v) is 5.17. The van der Waals surface area contributed by atoms with Gasteiger partial charge in [0.2, 0.25) is 11.8 Å². The third-order valence-electron chi connectivity index (χ3n) is 6.65. The molecule has 0 aliphatic carbocycles. The summed E-state index contributed by atoms with van der Waals surface area (Å²) in [5.74, 6) is -0.328.